The molecule has 0 aromatic carbocycles. The SMILES string of the molecule is CCCNCCCN(C)S(=O)(=O)N(CC)CC(F)(F)F. The molecule has 0 aromatic heterocycles. The van der Waals surface area contributed by atoms with Crippen molar-refractivity contribution < 1.29 is 21.6 Å². The summed E-state index contributed by atoms with van der Waals surface area (Å²) in [6, 6.07) is 0. The molecule has 0 radical (unpaired) electrons. The van der Waals surface area contributed by atoms with Crippen LogP contribution < -0.4 is 5.32 Å². The van der Waals surface area contributed by atoms with Crippen molar-refractivity contribution in [1.82, 2.24) is 13.9 Å². The summed E-state index contributed by atoms with van der Waals surface area (Å²) < 4.78 is 62.4. The summed E-state index contributed by atoms with van der Waals surface area (Å²) in [5, 5.41) is 3.11. The lowest BCUT2D eigenvalue weighted by Gasteiger charge is -2.27. The van der Waals surface area contributed by atoms with Crippen molar-refractivity contribution >= 4 is 10.2 Å². The molecule has 0 heterocycles. The largest absolute Gasteiger partial charge is 0.402 e. The summed E-state index contributed by atoms with van der Waals surface area (Å²) in [6.07, 6.45) is -3.00. The van der Waals surface area contributed by atoms with Crippen LogP contribution in [-0.2, 0) is 10.2 Å². The Morgan fingerprint density at radius 1 is 1.15 bits per heavy atom. The van der Waals surface area contributed by atoms with E-state index in [1.165, 1.54) is 14.0 Å². The maximum atomic E-state index is 12.3. The van der Waals surface area contributed by atoms with Gasteiger partial charge in [0, 0.05) is 20.1 Å². The summed E-state index contributed by atoms with van der Waals surface area (Å²) in [4.78, 5) is 0. The number of nitrogens with one attached hydrogen (secondary N) is 1. The highest BCUT2D eigenvalue weighted by molar-refractivity contribution is 7.86. The van der Waals surface area contributed by atoms with Gasteiger partial charge in [-0.15, -0.1) is 0 Å². The van der Waals surface area contributed by atoms with E-state index < -0.39 is 22.9 Å². The Bertz CT molecular complexity index is 360. The van der Waals surface area contributed by atoms with Gasteiger partial charge in [-0.1, -0.05) is 13.8 Å². The molecule has 0 aromatic rings. The molecule has 0 aliphatic heterocycles. The third kappa shape index (κ3) is 7.41. The van der Waals surface area contributed by atoms with Crippen LogP contribution in [0.5, 0.6) is 0 Å². The van der Waals surface area contributed by atoms with E-state index in [9.17, 15) is 21.6 Å². The summed E-state index contributed by atoms with van der Waals surface area (Å²) in [5.41, 5.74) is 0. The first-order valence-corrected chi connectivity index (χ1v) is 8.03. The fourth-order valence-electron chi connectivity index (χ4n) is 1.60. The molecule has 5 nitrogen and oxygen atoms in total. The van der Waals surface area contributed by atoms with Gasteiger partial charge in [-0.05, 0) is 25.9 Å². The van der Waals surface area contributed by atoms with Gasteiger partial charge >= 0.3 is 6.18 Å². The third-order valence-corrected chi connectivity index (χ3v) is 4.69. The minimum atomic E-state index is -4.54. The second kappa shape index (κ2) is 8.81. The van der Waals surface area contributed by atoms with Crippen LogP contribution in [0.15, 0.2) is 0 Å². The number of hydrogen-bond donors (Lipinski definition) is 1. The summed E-state index contributed by atoms with van der Waals surface area (Å²) >= 11 is 0. The molecule has 0 atom stereocenters. The first-order valence-electron chi connectivity index (χ1n) is 6.64. The zero-order valence-corrected chi connectivity index (χ0v) is 13.0. The normalized spacial score (nSPS) is 13.4. The van der Waals surface area contributed by atoms with Crippen molar-refractivity contribution in [2.75, 3.05) is 39.8 Å². The van der Waals surface area contributed by atoms with Gasteiger partial charge in [-0.2, -0.15) is 30.2 Å². The minimum absolute atomic E-state index is 0.188. The second-order valence-electron chi connectivity index (χ2n) is 4.47. The Labute approximate surface area is 119 Å². The molecule has 0 rings (SSSR count). The predicted octanol–water partition coefficient (Wildman–Crippen LogP) is 1.44. The van der Waals surface area contributed by atoms with Gasteiger partial charge in [0.05, 0.1) is 0 Å². The highest BCUT2D eigenvalue weighted by Gasteiger charge is 2.36. The van der Waals surface area contributed by atoms with E-state index in [1.807, 2.05) is 6.92 Å². The maximum Gasteiger partial charge on any atom is 0.402 e. The van der Waals surface area contributed by atoms with E-state index in [-0.39, 0.29) is 13.1 Å². The van der Waals surface area contributed by atoms with E-state index in [2.05, 4.69) is 5.32 Å². The van der Waals surface area contributed by atoms with E-state index in [1.54, 1.807) is 0 Å². The fraction of sp³-hybridized carbons (Fsp3) is 1.00. The lowest BCUT2D eigenvalue weighted by molar-refractivity contribution is -0.136. The Balaban J connectivity index is 4.44. The second-order valence-corrected chi connectivity index (χ2v) is 6.51. The molecule has 0 spiro atoms. The van der Waals surface area contributed by atoms with Crippen LogP contribution in [-0.4, -0.2) is 63.0 Å². The first-order chi connectivity index (χ1) is 9.15. The summed E-state index contributed by atoms with van der Waals surface area (Å²) in [5.74, 6) is 0. The Morgan fingerprint density at radius 2 is 1.75 bits per heavy atom. The fourth-order valence-corrected chi connectivity index (χ4v) is 2.99. The average Bonchev–Trinajstić information content (AvgIpc) is 2.34. The number of hydrogen-bond acceptors (Lipinski definition) is 3. The molecule has 1 N–H and O–H groups in total. The topological polar surface area (TPSA) is 52.7 Å². The number of halogens is 3. The van der Waals surface area contributed by atoms with Crippen molar-refractivity contribution in [3.8, 4) is 0 Å². The summed E-state index contributed by atoms with van der Waals surface area (Å²) in [7, 11) is -2.76. The standard InChI is InChI=1S/C11H24F3N3O2S/c1-4-7-15-8-6-9-16(3)20(18,19)17(5-2)10-11(12,13)14/h15H,4-10H2,1-3H3. The van der Waals surface area contributed by atoms with Gasteiger partial charge in [-0.3, -0.25) is 0 Å². The van der Waals surface area contributed by atoms with Crippen molar-refractivity contribution in [1.29, 1.82) is 0 Å². The van der Waals surface area contributed by atoms with E-state index >= 15 is 0 Å². The van der Waals surface area contributed by atoms with Crippen molar-refractivity contribution in [3.63, 3.8) is 0 Å². The Hall–Kier alpha value is -0.380. The number of alkyl halides is 3. The van der Waals surface area contributed by atoms with Gasteiger partial charge in [-0.25, -0.2) is 0 Å². The molecule has 0 amide bonds. The molecule has 0 saturated carbocycles. The zero-order valence-electron chi connectivity index (χ0n) is 12.2. The predicted molar refractivity (Wildman–Crippen MR) is 72.6 cm³/mol. The van der Waals surface area contributed by atoms with Crippen molar-refractivity contribution in [2.45, 2.75) is 32.9 Å². The molecule has 122 valence electrons. The van der Waals surface area contributed by atoms with E-state index in [4.69, 9.17) is 0 Å². The number of rotatable bonds is 10. The van der Waals surface area contributed by atoms with Crippen LogP contribution in [0, 0.1) is 0 Å². The lowest BCUT2D eigenvalue weighted by Crippen LogP contribution is -2.46. The molecular weight excluding hydrogens is 295 g/mol. The zero-order chi connectivity index (χ0) is 15.8. The molecule has 0 bridgehead atoms. The van der Waals surface area contributed by atoms with Crippen molar-refractivity contribution in [2.24, 2.45) is 0 Å². The van der Waals surface area contributed by atoms with Gasteiger partial charge < -0.3 is 5.32 Å². The Morgan fingerprint density at radius 3 is 2.20 bits per heavy atom. The first kappa shape index (κ1) is 19.6. The lowest BCUT2D eigenvalue weighted by atomic mass is 10.4. The van der Waals surface area contributed by atoms with Crippen LogP contribution in [0.1, 0.15) is 26.7 Å². The van der Waals surface area contributed by atoms with Gasteiger partial charge in [0.25, 0.3) is 10.2 Å². The van der Waals surface area contributed by atoms with Gasteiger partial charge in [0.15, 0.2) is 0 Å². The van der Waals surface area contributed by atoms with E-state index in [0.717, 1.165) is 17.3 Å². The molecule has 20 heavy (non-hydrogen) atoms. The Kier molecular flexibility index (Phi) is 8.64. The number of nitrogens with zero attached hydrogens (tertiary/aromatic N) is 2. The molecule has 9 heteroatoms. The van der Waals surface area contributed by atoms with Crippen LogP contribution in [0.2, 0.25) is 0 Å². The van der Waals surface area contributed by atoms with Crippen molar-refractivity contribution in [3.05, 3.63) is 0 Å². The van der Waals surface area contributed by atoms with Crippen LogP contribution in [0.25, 0.3) is 0 Å². The minimum Gasteiger partial charge on any atom is -0.317 e. The highest BCUT2D eigenvalue weighted by Crippen LogP contribution is 2.19. The molecule has 0 unspecified atom stereocenters. The van der Waals surface area contributed by atoms with Crippen LogP contribution >= 0.6 is 0 Å². The average molecular weight is 319 g/mol. The highest BCUT2D eigenvalue weighted by atomic mass is 32.2. The maximum absolute atomic E-state index is 12.3. The van der Waals surface area contributed by atoms with Gasteiger partial charge in [0.1, 0.15) is 6.54 Å². The molecular formula is C11H24F3N3O2S. The molecule has 0 saturated heterocycles. The van der Waals surface area contributed by atoms with Crippen LogP contribution in [0.3, 0.4) is 0 Å². The smallest absolute Gasteiger partial charge is 0.317 e. The third-order valence-electron chi connectivity index (χ3n) is 2.68. The van der Waals surface area contributed by atoms with Crippen LogP contribution in [0.4, 0.5) is 13.2 Å². The molecule has 0 aliphatic carbocycles. The van der Waals surface area contributed by atoms with Gasteiger partial charge in [0.2, 0.25) is 0 Å². The molecule has 0 aliphatic rings. The summed E-state index contributed by atoms with van der Waals surface area (Å²) in [6.45, 7) is 3.41. The quantitative estimate of drug-likeness (QED) is 0.620. The van der Waals surface area contributed by atoms with E-state index in [0.29, 0.717) is 17.3 Å². The monoisotopic (exact) mass is 319 g/mol. The molecule has 0 fully saturated rings.